The molecule has 0 radical (unpaired) electrons. The molecule has 3 rings (SSSR count). The van der Waals surface area contributed by atoms with E-state index < -0.39 is 42.1 Å². The van der Waals surface area contributed by atoms with Gasteiger partial charge >= 0.3 is 6.18 Å². The first-order chi connectivity index (χ1) is 15.1. The Bertz CT molecular complexity index is 1030. The Balaban J connectivity index is 1.71. The van der Waals surface area contributed by atoms with Crippen molar-refractivity contribution in [2.24, 2.45) is 0 Å². The lowest BCUT2D eigenvalue weighted by atomic mass is 10.1. The monoisotopic (exact) mass is 449 g/mol. The molecule has 0 bridgehead atoms. The predicted octanol–water partition coefficient (Wildman–Crippen LogP) is 3.31. The molecule has 1 atom stereocenters. The fraction of sp³-hybridized carbons (Fsp3) is 0.318. The van der Waals surface area contributed by atoms with Crippen molar-refractivity contribution in [1.82, 2.24) is 4.90 Å². The zero-order valence-electron chi connectivity index (χ0n) is 17.5. The van der Waals surface area contributed by atoms with E-state index in [4.69, 9.17) is 4.74 Å². The molecule has 0 unspecified atom stereocenters. The van der Waals surface area contributed by atoms with Gasteiger partial charge in [-0.2, -0.15) is 13.2 Å². The van der Waals surface area contributed by atoms with Crippen LogP contribution in [0.1, 0.15) is 19.4 Å². The van der Waals surface area contributed by atoms with E-state index in [1.54, 1.807) is 38.1 Å². The molecule has 1 heterocycles. The molecule has 2 aromatic carbocycles. The predicted molar refractivity (Wildman–Crippen MR) is 111 cm³/mol. The average molecular weight is 449 g/mol. The van der Waals surface area contributed by atoms with E-state index >= 15 is 0 Å². The van der Waals surface area contributed by atoms with Gasteiger partial charge in [0.05, 0.1) is 23.5 Å². The third-order valence-corrected chi connectivity index (χ3v) is 4.94. The molecule has 7 nitrogen and oxygen atoms in total. The van der Waals surface area contributed by atoms with Crippen LogP contribution in [0.25, 0.3) is 0 Å². The number of nitrogens with one attached hydrogen (secondary N) is 1. The van der Waals surface area contributed by atoms with Crippen LogP contribution in [-0.4, -0.2) is 48.4 Å². The highest BCUT2D eigenvalue weighted by molar-refractivity contribution is 6.04. The average Bonchev–Trinajstić information content (AvgIpc) is 2.74. The smallest absolute Gasteiger partial charge is 0.418 e. The van der Waals surface area contributed by atoms with E-state index in [9.17, 15) is 27.6 Å². The second-order valence-electron chi connectivity index (χ2n) is 7.15. The Morgan fingerprint density at radius 2 is 1.78 bits per heavy atom. The summed E-state index contributed by atoms with van der Waals surface area (Å²) in [6.45, 7) is 2.54. The van der Waals surface area contributed by atoms with E-state index in [1.165, 1.54) is 21.9 Å². The molecular formula is C22H22F3N3O4. The summed E-state index contributed by atoms with van der Waals surface area (Å²) in [7, 11) is 0. The number of amides is 3. The van der Waals surface area contributed by atoms with Crippen LogP contribution in [0.2, 0.25) is 0 Å². The molecule has 0 aromatic heterocycles. The molecule has 0 saturated heterocycles. The van der Waals surface area contributed by atoms with Crippen molar-refractivity contribution >= 4 is 29.1 Å². The highest BCUT2D eigenvalue weighted by Gasteiger charge is 2.35. The number of rotatable bonds is 6. The van der Waals surface area contributed by atoms with Crippen molar-refractivity contribution in [2.45, 2.75) is 26.1 Å². The first-order valence-corrected chi connectivity index (χ1v) is 9.92. The molecule has 1 N–H and O–H groups in total. The van der Waals surface area contributed by atoms with Gasteiger partial charge in [0.25, 0.3) is 5.91 Å². The maximum atomic E-state index is 13.1. The molecule has 3 amide bonds. The Morgan fingerprint density at radius 3 is 2.47 bits per heavy atom. The third kappa shape index (κ3) is 5.01. The van der Waals surface area contributed by atoms with Crippen LogP contribution in [0, 0.1) is 0 Å². The first kappa shape index (κ1) is 23.1. The van der Waals surface area contributed by atoms with E-state index in [-0.39, 0.29) is 18.8 Å². The molecule has 170 valence electrons. The largest absolute Gasteiger partial charge is 0.479 e. The Kier molecular flexibility index (Phi) is 6.71. The fourth-order valence-corrected chi connectivity index (χ4v) is 3.34. The number of hydrogen-bond acceptors (Lipinski definition) is 4. The van der Waals surface area contributed by atoms with E-state index in [1.807, 2.05) is 0 Å². The van der Waals surface area contributed by atoms with Crippen LogP contribution < -0.4 is 15.0 Å². The van der Waals surface area contributed by atoms with Crippen molar-refractivity contribution < 1.29 is 32.3 Å². The van der Waals surface area contributed by atoms with Gasteiger partial charge in [0, 0.05) is 6.54 Å². The summed E-state index contributed by atoms with van der Waals surface area (Å²) in [5, 5.41) is 2.22. The van der Waals surface area contributed by atoms with Crippen molar-refractivity contribution in [3.63, 3.8) is 0 Å². The lowest BCUT2D eigenvalue weighted by Crippen LogP contribution is -2.50. The number of benzene rings is 2. The fourth-order valence-electron chi connectivity index (χ4n) is 3.34. The number of hydrogen-bond donors (Lipinski definition) is 1. The zero-order valence-corrected chi connectivity index (χ0v) is 17.5. The molecular weight excluding hydrogens is 427 g/mol. The van der Waals surface area contributed by atoms with Crippen LogP contribution >= 0.6 is 0 Å². The molecule has 0 saturated carbocycles. The lowest BCUT2D eigenvalue weighted by Gasteiger charge is -2.33. The maximum absolute atomic E-state index is 13.1. The number of anilines is 2. The summed E-state index contributed by atoms with van der Waals surface area (Å²) in [6, 6.07) is 11.4. The van der Waals surface area contributed by atoms with Crippen molar-refractivity contribution in [3.8, 4) is 5.75 Å². The Labute approximate surface area is 182 Å². The number of halogens is 3. The van der Waals surface area contributed by atoms with Crippen LogP contribution in [0.4, 0.5) is 24.5 Å². The second kappa shape index (κ2) is 9.29. The SMILES string of the molecule is CCN(CC(=O)Nc1ccccc1C(F)(F)F)C(=O)CN1C(=O)[C@@H](C)Oc2ccccc21. The van der Waals surface area contributed by atoms with Gasteiger partial charge in [0.2, 0.25) is 11.8 Å². The normalized spacial score (nSPS) is 15.6. The number of carbonyl (C=O) groups excluding carboxylic acids is 3. The lowest BCUT2D eigenvalue weighted by molar-refractivity contribution is -0.137. The molecule has 1 aliphatic rings. The molecule has 10 heteroatoms. The number of para-hydroxylation sites is 3. The minimum Gasteiger partial charge on any atom is -0.479 e. The van der Waals surface area contributed by atoms with Crippen molar-refractivity contribution in [2.75, 3.05) is 29.9 Å². The van der Waals surface area contributed by atoms with Gasteiger partial charge in [0.1, 0.15) is 12.3 Å². The second-order valence-corrected chi connectivity index (χ2v) is 7.15. The van der Waals surface area contributed by atoms with Crippen LogP contribution in [0.3, 0.4) is 0 Å². The van der Waals surface area contributed by atoms with E-state index in [2.05, 4.69) is 5.32 Å². The number of nitrogens with zero attached hydrogens (tertiary/aromatic N) is 2. The third-order valence-electron chi connectivity index (χ3n) is 4.94. The van der Waals surface area contributed by atoms with Gasteiger partial charge in [-0.1, -0.05) is 24.3 Å². The molecule has 32 heavy (non-hydrogen) atoms. The quantitative estimate of drug-likeness (QED) is 0.734. The molecule has 2 aromatic rings. The van der Waals surface area contributed by atoms with Crippen molar-refractivity contribution in [3.05, 3.63) is 54.1 Å². The molecule has 0 aliphatic carbocycles. The number of likely N-dealkylation sites (N-methyl/N-ethyl adjacent to an activating group) is 1. The summed E-state index contributed by atoms with van der Waals surface area (Å²) in [5.41, 5.74) is -0.935. The molecule has 1 aliphatic heterocycles. The van der Waals surface area contributed by atoms with Gasteiger partial charge < -0.3 is 15.0 Å². The molecule has 0 spiro atoms. The van der Waals surface area contributed by atoms with E-state index in [0.717, 1.165) is 12.1 Å². The van der Waals surface area contributed by atoms with Crippen molar-refractivity contribution in [1.29, 1.82) is 0 Å². The minimum absolute atomic E-state index is 0.128. The summed E-state index contributed by atoms with van der Waals surface area (Å²) in [5.74, 6) is -1.25. The highest BCUT2D eigenvalue weighted by Crippen LogP contribution is 2.35. The summed E-state index contributed by atoms with van der Waals surface area (Å²) >= 11 is 0. The van der Waals surface area contributed by atoms with Gasteiger partial charge in [-0.3, -0.25) is 19.3 Å². The van der Waals surface area contributed by atoms with Crippen LogP contribution in [-0.2, 0) is 20.6 Å². The zero-order chi connectivity index (χ0) is 23.5. The van der Waals surface area contributed by atoms with Crippen LogP contribution in [0.15, 0.2) is 48.5 Å². The highest BCUT2D eigenvalue weighted by atomic mass is 19.4. The van der Waals surface area contributed by atoms with E-state index in [0.29, 0.717) is 11.4 Å². The Morgan fingerprint density at radius 1 is 1.12 bits per heavy atom. The molecule has 0 fully saturated rings. The number of carbonyl (C=O) groups is 3. The number of ether oxygens (including phenoxy) is 1. The van der Waals surface area contributed by atoms with Crippen LogP contribution in [0.5, 0.6) is 5.75 Å². The van der Waals surface area contributed by atoms with Gasteiger partial charge in [0.15, 0.2) is 6.10 Å². The summed E-state index contributed by atoms with van der Waals surface area (Å²) < 4.78 is 45.0. The van der Waals surface area contributed by atoms with Gasteiger partial charge in [-0.15, -0.1) is 0 Å². The minimum atomic E-state index is -4.63. The Hall–Kier alpha value is -3.56. The van der Waals surface area contributed by atoms with Gasteiger partial charge in [-0.25, -0.2) is 0 Å². The van der Waals surface area contributed by atoms with Gasteiger partial charge in [-0.05, 0) is 38.1 Å². The summed E-state index contributed by atoms with van der Waals surface area (Å²) in [6.07, 6.45) is -5.42. The standard InChI is InChI=1S/C22H22F3N3O4/c1-3-27(12-19(29)26-16-9-5-4-8-15(16)22(23,24)25)20(30)13-28-17-10-6-7-11-18(17)32-14(2)21(28)31/h4-11,14H,3,12-13H2,1-2H3,(H,26,29)/t14-/m1/s1. The number of alkyl halides is 3. The maximum Gasteiger partial charge on any atom is 0.418 e. The number of fused-ring (bicyclic) bond motifs is 1. The first-order valence-electron chi connectivity index (χ1n) is 9.92. The topological polar surface area (TPSA) is 79.0 Å². The summed E-state index contributed by atoms with van der Waals surface area (Å²) in [4.78, 5) is 40.3.